The summed E-state index contributed by atoms with van der Waals surface area (Å²) in [4.78, 5) is 6.49. The zero-order valence-electron chi connectivity index (χ0n) is 15.0. The third-order valence-corrected chi connectivity index (χ3v) is 5.61. The van der Waals surface area contributed by atoms with Gasteiger partial charge in [0.2, 0.25) is 0 Å². The molecule has 3 rings (SSSR count). The monoisotopic (exact) mass is 340 g/mol. The Morgan fingerprint density at radius 3 is 2.33 bits per heavy atom. The van der Waals surface area contributed by atoms with Gasteiger partial charge in [-0.2, -0.15) is 0 Å². The second-order valence-electron chi connectivity index (χ2n) is 6.69. The van der Waals surface area contributed by atoms with Crippen LogP contribution < -0.4 is 4.90 Å². The third kappa shape index (κ3) is 4.34. The molecule has 1 fully saturated rings. The largest absolute Gasteiger partial charge is 0.366 e. The predicted molar refractivity (Wildman–Crippen MR) is 106 cm³/mol. The Kier molecular flexibility index (Phi) is 5.85. The molecule has 1 atom stereocenters. The maximum atomic E-state index is 2.58. The number of hydrogen-bond donors (Lipinski definition) is 0. The Morgan fingerprint density at radius 2 is 1.71 bits per heavy atom. The van der Waals surface area contributed by atoms with Gasteiger partial charge in [-0.05, 0) is 49.4 Å². The molecule has 0 aliphatic carbocycles. The van der Waals surface area contributed by atoms with Gasteiger partial charge >= 0.3 is 0 Å². The average Bonchev–Trinajstić information content (AvgIpc) is 2.58. The molecule has 0 saturated carbocycles. The van der Waals surface area contributed by atoms with Crippen LogP contribution in [0.4, 0.5) is 5.69 Å². The van der Waals surface area contributed by atoms with Crippen molar-refractivity contribution in [3.63, 3.8) is 0 Å². The van der Waals surface area contributed by atoms with E-state index in [1.807, 2.05) is 11.8 Å². The van der Waals surface area contributed by atoms with E-state index in [0.29, 0.717) is 6.04 Å². The number of hydrogen-bond acceptors (Lipinski definition) is 3. The number of aryl methyl sites for hydroxylation is 1. The van der Waals surface area contributed by atoms with E-state index in [1.165, 1.54) is 21.7 Å². The zero-order valence-corrected chi connectivity index (χ0v) is 15.9. The van der Waals surface area contributed by atoms with E-state index >= 15 is 0 Å². The molecule has 1 heterocycles. The summed E-state index contributed by atoms with van der Waals surface area (Å²) in [6.07, 6.45) is 0. The van der Waals surface area contributed by atoms with Crippen molar-refractivity contribution in [2.75, 3.05) is 30.3 Å². The van der Waals surface area contributed by atoms with Crippen LogP contribution in [0.25, 0.3) is 0 Å². The third-order valence-electron chi connectivity index (χ3n) is 4.72. The van der Waals surface area contributed by atoms with Crippen molar-refractivity contribution in [2.45, 2.75) is 38.3 Å². The number of benzene rings is 2. The van der Waals surface area contributed by atoms with E-state index in [0.717, 1.165) is 31.9 Å². The number of anilines is 1. The molecule has 0 radical (unpaired) electrons. The minimum absolute atomic E-state index is 0.552. The van der Waals surface area contributed by atoms with Crippen molar-refractivity contribution in [3.8, 4) is 0 Å². The summed E-state index contributed by atoms with van der Waals surface area (Å²) in [5, 5.41) is 0. The Morgan fingerprint density at radius 1 is 1.00 bits per heavy atom. The lowest BCUT2D eigenvalue weighted by Gasteiger charge is -2.41. The Hall–Kier alpha value is -1.45. The molecule has 24 heavy (non-hydrogen) atoms. The molecule has 2 aromatic rings. The van der Waals surface area contributed by atoms with Crippen LogP contribution in [-0.4, -0.2) is 36.3 Å². The predicted octanol–water partition coefficient (Wildman–Crippen LogP) is 4.82. The molecular formula is C21H28N2S. The molecule has 3 heteroatoms. The summed E-state index contributed by atoms with van der Waals surface area (Å²) in [6, 6.07) is 18.6. The number of piperazine rings is 1. The Labute approximate surface area is 150 Å². The molecule has 0 N–H and O–H groups in total. The summed E-state index contributed by atoms with van der Waals surface area (Å²) in [5.41, 5.74) is 4.11. The molecule has 0 spiro atoms. The first-order valence-corrected chi connectivity index (χ1v) is 9.91. The van der Waals surface area contributed by atoms with Crippen LogP contribution in [0, 0.1) is 6.92 Å². The molecule has 0 amide bonds. The van der Waals surface area contributed by atoms with Gasteiger partial charge in [0.25, 0.3) is 0 Å². The molecule has 1 aliphatic rings. The van der Waals surface area contributed by atoms with E-state index in [1.54, 1.807) is 0 Å². The van der Waals surface area contributed by atoms with Gasteiger partial charge in [-0.25, -0.2) is 0 Å². The van der Waals surface area contributed by atoms with Crippen molar-refractivity contribution >= 4 is 17.4 Å². The molecule has 1 aliphatic heterocycles. The van der Waals surface area contributed by atoms with Crippen molar-refractivity contribution in [1.82, 2.24) is 4.90 Å². The van der Waals surface area contributed by atoms with E-state index < -0.39 is 0 Å². The lowest BCUT2D eigenvalue weighted by Crippen LogP contribution is -2.51. The lowest BCUT2D eigenvalue weighted by atomic mass is 10.1. The molecule has 1 saturated heterocycles. The van der Waals surface area contributed by atoms with Crippen LogP contribution >= 0.6 is 11.8 Å². The zero-order chi connectivity index (χ0) is 16.9. The first kappa shape index (κ1) is 17.4. The van der Waals surface area contributed by atoms with E-state index in [2.05, 4.69) is 79.1 Å². The van der Waals surface area contributed by atoms with Crippen LogP contribution in [0.5, 0.6) is 0 Å². The standard InChI is InChI=1S/C21H28N2S/c1-4-24-21-11-7-19(8-12-21)16-22-13-14-23(18(3)15-22)20-9-5-17(2)6-10-20/h5-12,18H,4,13-16H2,1-3H3. The second-order valence-corrected chi connectivity index (χ2v) is 8.03. The molecular weight excluding hydrogens is 312 g/mol. The Balaban J connectivity index is 1.58. The summed E-state index contributed by atoms with van der Waals surface area (Å²) in [7, 11) is 0. The first-order chi connectivity index (χ1) is 11.7. The topological polar surface area (TPSA) is 6.48 Å². The van der Waals surface area contributed by atoms with Crippen LogP contribution in [-0.2, 0) is 6.54 Å². The average molecular weight is 341 g/mol. The fraction of sp³-hybridized carbons (Fsp3) is 0.429. The van der Waals surface area contributed by atoms with Gasteiger partial charge in [0, 0.05) is 42.8 Å². The van der Waals surface area contributed by atoms with Gasteiger partial charge in [-0.3, -0.25) is 4.90 Å². The van der Waals surface area contributed by atoms with Gasteiger partial charge in [0.05, 0.1) is 0 Å². The fourth-order valence-corrected chi connectivity index (χ4v) is 4.07. The first-order valence-electron chi connectivity index (χ1n) is 8.93. The summed E-state index contributed by atoms with van der Waals surface area (Å²) in [6.45, 7) is 11.1. The van der Waals surface area contributed by atoms with Crippen LogP contribution in [0.1, 0.15) is 25.0 Å². The second kappa shape index (κ2) is 8.09. The molecule has 2 aromatic carbocycles. The summed E-state index contributed by atoms with van der Waals surface area (Å²) >= 11 is 1.91. The fourth-order valence-electron chi connectivity index (χ4n) is 3.41. The smallest absolute Gasteiger partial charge is 0.0389 e. The van der Waals surface area contributed by atoms with Gasteiger partial charge in [0.15, 0.2) is 0 Å². The van der Waals surface area contributed by atoms with Crippen molar-refractivity contribution in [3.05, 3.63) is 59.7 Å². The van der Waals surface area contributed by atoms with Crippen molar-refractivity contribution < 1.29 is 0 Å². The van der Waals surface area contributed by atoms with E-state index in [-0.39, 0.29) is 0 Å². The Bertz CT molecular complexity index is 636. The van der Waals surface area contributed by atoms with Gasteiger partial charge in [0.1, 0.15) is 0 Å². The molecule has 128 valence electrons. The molecule has 2 nitrogen and oxygen atoms in total. The molecule has 0 bridgehead atoms. The highest BCUT2D eigenvalue weighted by Crippen LogP contribution is 2.23. The highest BCUT2D eigenvalue weighted by atomic mass is 32.2. The maximum Gasteiger partial charge on any atom is 0.0389 e. The molecule has 0 aromatic heterocycles. The number of rotatable bonds is 5. The maximum absolute atomic E-state index is 2.58. The minimum atomic E-state index is 0.552. The highest BCUT2D eigenvalue weighted by molar-refractivity contribution is 7.99. The van der Waals surface area contributed by atoms with Crippen molar-refractivity contribution in [2.24, 2.45) is 0 Å². The minimum Gasteiger partial charge on any atom is -0.366 e. The molecule has 1 unspecified atom stereocenters. The van der Waals surface area contributed by atoms with Crippen molar-refractivity contribution in [1.29, 1.82) is 0 Å². The SMILES string of the molecule is CCSc1ccc(CN2CCN(c3ccc(C)cc3)C(C)C2)cc1. The lowest BCUT2D eigenvalue weighted by molar-refractivity contribution is 0.221. The number of nitrogens with zero attached hydrogens (tertiary/aromatic N) is 2. The van der Waals surface area contributed by atoms with Crippen LogP contribution in [0.15, 0.2) is 53.4 Å². The highest BCUT2D eigenvalue weighted by Gasteiger charge is 2.23. The van der Waals surface area contributed by atoms with Crippen LogP contribution in [0.3, 0.4) is 0 Å². The summed E-state index contributed by atoms with van der Waals surface area (Å²) in [5.74, 6) is 1.14. The van der Waals surface area contributed by atoms with E-state index in [9.17, 15) is 0 Å². The van der Waals surface area contributed by atoms with Gasteiger partial charge < -0.3 is 4.90 Å². The summed E-state index contributed by atoms with van der Waals surface area (Å²) < 4.78 is 0. The number of thioether (sulfide) groups is 1. The van der Waals surface area contributed by atoms with Gasteiger partial charge in [-0.15, -0.1) is 11.8 Å². The quantitative estimate of drug-likeness (QED) is 0.721. The van der Waals surface area contributed by atoms with Crippen LogP contribution in [0.2, 0.25) is 0 Å². The normalized spacial score (nSPS) is 18.8. The van der Waals surface area contributed by atoms with E-state index in [4.69, 9.17) is 0 Å². The van der Waals surface area contributed by atoms with Gasteiger partial charge in [-0.1, -0.05) is 36.8 Å².